The van der Waals surface area contributed by atoms with Gasteiger partial charge in [-0.1, -0.05) is 37.0 Å². The number of pyridine rings is 2. The van der Waals surface area contributed by atoms with Gasteiger partial charge in [-0.3, -0.25) is 4.98 Å². The van der Waals surface area contributed by atoms with Crippen molar-refractivity contribution in [1.29, 1.82) is 0 Å². The second kappa shape index (κ2) is 9.77. The Hall–Kier alpha value is -3.10. The zero-order chi connectivity index (χ0) is 27.6. The quantitative estimate of drug-likeness (QED) is 0.208. The second-order valence-electron chi connectivity index (χ2n) is 11.8. The number of rotatable bonds is 5. The molecule has 5 aromatic rings. The van der Waals surface area contributed by atoms with E-state index >= 15 is 0 Å². The number of hydrogen-bond donors (Lipinski definition) is 3. The monoisotopic (exact) mass is 571 g/mol. The molecule has 1 saturated heterocycles. The lowest BCUT2D eigenvalue weighted by Gasteiger charge is -2.42. The van der Waals surface area contributed by atoms with E-state index in [1.165, 1.54) is 18.4 Å². The molecule has 204 valence electrons. The van der Waals surface area contributed by atoms with Gasteiger partial charge in [0, 0.05) is 56.6 Å². The van der Waals surface area contributed by atoms with Gasteiger partial charge in [0.15, 0.2) is 5.82 Å². The lowest BCUT2D eigenvalue weighted by molar-refractivity contribution is 0.128. The van der Waals surface area contributed by atoms with Gasteiger partial charge in [-0.25, -0.2) is 15.0 Å². The molecule has 4 N–H and O–H groups in total. The number of fused-ring (bicyclic) bond motifs is 2. The van der Waals surface area contributed by atoms with Gasteiger partial charge in [0.1, 0.15) is 5.65 Å². The molecule has 0 bridgehead atoms. The lowest BCUT2D eigenvalue weighted by Crippen LogP contribution is -2.47. The Morgan fingerprint density at radius 2 is 1.88 bits per heavy atom. The van der Waals surface area contributed by atoms with Crippen LogP contribution in [0.2, 0.25) is 10.0 Å². The number of aromatic amines is 1. The average Bonchev–Trinajstić information content (AvgIpc) is 3.70. The number of nitrogens with two attached hydrogens (primary N) is 1. The van der Waals surface area contributed by atoms with E-state index in [-0.39, 0.29) is 17.4 Å². The molecule has 0 spiro atoms. The Morgan fingerprint density at radius 3 is 2.67 bits per heavy atom. The number of H-pyrrole nitrogens is 1. The standard InChI is InChI=1S/C31H31Cl2N7/c1-31(2)15-35-9-8-22(31)27(34)28-26-21(16-3-4-16)13-36-14-25(26)39-30(40-28)18-7-10-37-29-19(18)12-24(38-29)20-11-17(32)5-6-23(20)33/h5-7,10-14,16,22,27,35H,3-4,8-9,15,34H2,1-2H3,(H,37,38). The molecule has 1 saturated carbocycles. The van der Waals surface area contributed by atoms with Crippen molar-refractivity contribution in [3.63, 3.8) is 0 Å². The molecule has 0 amide bonds. The van der Waals surface area contributed by atoms with Gasteiger partial charge in [-0.15, -0.1) is 0 Å². The minimum atomic E-state index is -0.231. The summed E-state index contributed by atoms with van der Waals surface area (Å²) in [5, 5.41) is 6.74. The maximum Gasteiger partial charge on any atom is 0.160 e. The normalized spacial score (nSPS) is 19.8. The number of nitrogens with zero attached hydrogens (tertiary/aromatic N) is 4. The van der Waals surface area contributed by atoms with Gasteiger partial charge in [0.05, 0.1) is 23.4 Å². The molecule has 2 unspecified atom stereocenters. The molecule has 1 aliphatic heterocycles. The van der Waals surface area contributed by atoms with Crippen LogP contribution in [0.25, 0.3) is 44.6 Å². The summed E-state index contributed by atoms with van der Waals surface area (Å²) in [5.41, 5.74) is 13.4. The molecule has 9 heteroatoms. The Kier molecular flexibility index (Phi) is 6.31. The highest BCUT2D eigenvalue weighted by atomic mass is 35.5. The molecule has 1 aliphatic carbocycles. The molecule has 40 heavy (non-hydrogen) atoms. The highest BCUT2D eigenvalue weighted by molar-refractivity contribution is 6.35. The molecule has 5 heterocycles. The van der Waals surface area contributed by atoms with E-state index in [2.05, 4.69) is 34.1 Å². The number of benzene rings is 1. The first-order valence-electron chi connectivity index (χ1n) is 13.9. The van der Waals surface area contributed by atoms with Crippen molar-refractivity contribution in [2.75, 3.05) is 13.1 Å². The van der Waals surface area contributed by atoms with Crippen LogP contribution >= 0.6 is 23.2 Å². The molecule has 2 aliphatic rings. The maximum atomic E-state index is 7.19. The van der Waals surface area contributed by atoms with Crippen LogP contribution in [-0.4, -0.2) is 38.0 Å². The smallest absolute Gasteiger partial charge is 0.160 e. The number of nitrogens with one attached hydrogen (secondary N) is 2. The van der Waals surface area contributed by atoms with Crippen molar-refractivity contribution in [2.45, 2.75) is 45.1 Å². The zero-order valence-corrected chi connectivity index (χ0v) is 24.0. The first-order valence-corrected chi connectivity index (χ1v) is 14.6. The van der Waals surface area contributed by atoms with Crippen LogP contribution in [0.1, 0.15) is 56.3 Å². The molecular formula is C31H31Cl2N7. The molecule has 1 aromatic carbocycles. The highest BCUT2D eigenvalue weighted by Crippen LogP contribution is 2.46. The Bertz CT molecular complexity index is 1760. The molecule has 4 aromatic heterocycles. The minimum absolute atomic E-state index is 0.0393. The van der Waals surface area contributed by atoms with Gasteiger partial charge in [-0.2, -0.15) is 0 Å². The summed E-state index contributed by atoms with van der Waals surface area (Å²) < 4.78 is 0. The summed E-state index contributed by atoms with van der Waals surface area (Å²) >= 11 is 12.8. The van der Waals surface area contributed by atoms with Crippen LogP contribution < -0.4 is 11.1 Å². The zero-order valence-electron chi connectivity index (χ0n) is 22.5. The first kappa shape index (κ1) is 25.8. The fourth-order valence-electron chi connectivity index (χ4n) is 6.32. The van der Waals surface area contributed by atoms with Crippen LogP contribution in [0.5, 0.6) is 0 Å². The van der Waals surface area contributed by atoms with Crippen molar-refractivity contribution in [1.82, 2.24) is 30.2 Å². The van der Waals surface area contributed by atoms with E-state index in [0.717, 1.165) is 64.0 Å². The Morgan fingerprint density at radius 1 is 1.02 bits per heavy atom. The third-order valence-corrected chi connectivity index (χ3v) is 9.20. The summed E-state index contributed by atoms with van der Waals surface area (Å²) in [6.07, 6.45) is 8.95. The van der Waals surface area contributed by atoms with Crippen LogP contribution in [0.4, 0.5) is 0 Å². The van der Waals surface area contributed by atoms with E-state index in [4.69, 9.17) is 38.9 Å². The summed E-state index contributed by atoms with van der Waals surface area (Å²) in [7, 11) is 0. The molecule has 0 radical (unpaired) electrons. The highest BCUT2D eigenvalue weighted by Gasteiger charge is 2.39. The van der Waals surface area contributed by atoms with Gasteiger partial charge in [0.2, 0.25) is 0 Å². The number of hydrogen-bond acceptors (Lipinski definition) is 6. The lowest BCUT2D eigenvalue weighted by atomic mass is 9.70. The van der Waals surface area contributed by atoms with Crippen molar-refractivity contribution >= 4 is 45.1 Å². The van der Waals surface area contributed by atoms with Gasteiger partial charge < -0.3 is 16.0 Å². The molecule has 2 atom stereocenters. The minimum Gasteiger partial charge on any atom is -0.339 e. The van der Waals surface area contributed by atoms with Crippen LogP contribution in [0, 0.1) is 11.3 Å². The summed E-state index contributed by atoms with van der Waals surface area (Å²) in [5.74, 6) is 1.40. The third-order valence-electron chi connectivity index (χ3n) is 8.64. The van der Waals surface area contributed by atoms with Crippen molar-refractivity contribution in [3.05, 3.63) is 70.2 Å². The first-order chi connectivity index (χ1) is 19.3. The largest absolute Gasteiger partial charge is 0.339 e. The topological polar surface area (TPSA) is 105 Å². The summed E-state index contributed by atoms with van der Waals surface area (Å²) in [6, 6.07) is 9.20. The predicted molar refractivity (Wildman–Crippen MR) is 162 cm³/mol. The van der Waals surface area contributed by atoms with Gasteiger partial charge in [-0.05, 0) is 79.0 Å². The van der Waals surface area contributed by atoms with Crippen molar-refractivity contribution in [3.8, 4) is 22.6 Å². The van der Waals surface area contributed by atoms with Gasteiger partial charge in [0.25, 0.3) is 0 Å². The Balaban J connectivity index is 1.42. The van der Waals surface area contributed by atoms with Crippen LogP contribution in [-0.2, 0) is 0 Å². The SMILES string of the molecule is CC1(C)CNCCC1C(N)c1nc(-c2ccnc3[nH]c(-c4cc(Cl)ccc4Cl)cc23)nc2cncc(C3CC3)c12. The van der Waals surface area contributed by atoms with E-state index < -0.39 is 0 Å². The fraction of sp³-hybridized carbons (Fsp3) is 0.355. The van der Waals surface area contributed by atoms with E-state index in [1.54, 1.807) is 18.3 Å². The number of piperidine rings is 1. The average molecular weight is 573 g/mol. The molecule has 7 nitrogen and oxygen atoms in total. The van der Waals surface area contributed by atoms with E-state index in [1.807, 2.05) is 30.6 Å². The number of halogens is 2. The Labute approximate surface area is 242 Å². The number of aromatic nitrogens is 5. The summed E-state index contributed by atoms with van der Waals surface area (Å²) in [6.45, 7) is 6.48. The van der Waals surface area contributed by atoms with Crippen molar-refractivity contribution < 1.29 is 0 Å². The maximum absolute atomic E-state index is 7.19. The second-order valence-corrected chi connectivity index (χ2v) is 12.7. The van der Waals surface area contributed by atoms with Crippen molar-refractivity contribution in [2.24, 2.45) is 17.1 Å². The van der Waals surface area contributed by atoms with Crippen LogP contribution in [0.3, 0.4) is 0 Å². The van der Waals surface area contributed by atoms with Crippen LogP contribution in [0.15, 0.2) is 48.9 Å². The molecular weight excluding hydrogens is 541 g/mol. The van der Waals surface area contributed by atoms with E-state index in [9.17, 15) is 0 Å². The molecule has 2 fully saturated rings. The summed E-state index contributed by atoms with van der Waals surface area (Å²) in [4.78, 5) is 22.9. The fourth-order valence-corrected chi connectivity index (χ4v) is 6.71. The third kappa shape index (κ3) is 4.45. The predicted octanol–water partition coefficient (Wildman–Crippen LogP) is 7.05. The van der Waals surface area contributed by atoms with Gasteiger partial charge >= 0.3 is 0 Å². The molecule has 7 rings (SSSR count). The van der Waals surface area contributed by atoms with E-state index in [0.29, 0.717) is 21.8 Å².